The second-order valence-electron chi connectivity index (χ2n) is 8.54. The van der Waals surface area contributed by atoms with Crippen molar-refractivity contribution in [2.24, 2.45) is 0 Å². The molecule has 0 spiro atoms. The van der Waals surface area contributed by atoms with Crippen molar-refractivity contribution in [1.82, 2.24) is 0 Å². The molecule has 0 atom stereocenters. The number of para-hydroxylation sites is 1. The van der Waals surface area contributed by atoms with E-state index in [1.807, 2.05) is 86.8 Å². The van der Waals surface area contributed by atoms with Gasteiger partial charge in [-0.25, -0.2) is 4.79 Å². The van der Waals surface area contributed by atoms with E-state index in [1.165, 1.54) is 11.3 Å². The summed E-state index contributed by atoms with van der Waals surface area (Å²) >= 11 is 1.29. The van der Waals surface area contributed by atoms with Gasteiger partial charge in [0.25, 0.3) is 0 Å². The highest BCUT2D eigenvalue weighted by Gasteiger charge is 2.28. The highest BCUT2D eigenvalue weighted by molar-refractivity contribution is 7.15. The van der Waals surface area contributed by atoms with Gasteiger partial charge in [-0.05, 0) is 44.9 Å². The van der Waals surface area contributed by atoms with Gasteiger partial charge in [0.2, 0.25) is 5.91 Å². The first-order valence-corrected chi connectivity index (χ1v) is 11.4. The smallest absolute Gasteiger partial charge is 0.342 e. The normalized spacial score (nSPS) is 11.5. The average molecular weight is 448 g/mol. The second-order valence-corrected chi connectivity index (χ2v) is 9.42. The molecule has 164 valence electrons. The molecule has 32 heavy (non-hydrogen) atoms. The standard InChI is InChI=1S/C26H25NO4S/c1-26(2,3)31-25(29)23-19(21-15-18-11-7-8-12-20(18)30-21)16-32-24(23)27-22(28)14-13-17-9-5-4-6-10-17/h4-12,15-16H,13-14H2,1-3H3,(H,27,28). The number of anilines is 1. The van der Waals surface area contributed by atoms with Crippen LogP contribution in [-0.4, -0.2) is 17.5 Å². The number of fused-ring (bicyclic) bond motifs is 1. The summed E-state index contributed by atoms with van der Waals surface area (Å²) in [6, 6.07) is 19.4. The zero-order valence-electron chi connectivity index (χ0n) is 18.3. The fraction of sp³-hybridized carbons (Fsp3) is 0.231. The number of thiophene rings is 1. The number of furan rings is 1. The third-order valence-electron chi connectivity index (χ3n) is 4.82. The topological polar surface area (TPSA) is 68.5 Å². The van der Waals surface area contributed by atoms with Gasteiger partial charge in [0.1, 0.15) is 27.5 Å². The number of carbonyl (C=O) groups excluding carboxylic acids is 2. The predicted molar refractivity (Wildman–Crippen MR) is 128 cm³/mol. The third kappa shape index (κ3) is 5.08. The number of hydrogen-bond donors (Lipinski definition) is 1. The minimum Gasteiger partial charge on any atom is -0.456 e. The van der Waals surface area contributed by atoms with Gasteiger partial charge in [0.05, 0.1) is 0 Å². The molecular weight excluding hydrogens is 422 g/mol. The summed E-state index contributed by atoms with van der Waals surface area (Å²) < 4.78 is 11.6. The lowest BCUT2D eigenvalue weighted by molar-refractivity contribution is -0.116. The van der Waals surface area contributed by atoms with E-state index in [1.54, 1.807) is 0 Å². The number of benzene rings is 2. The van der Waals surface area contributed by atoms with Crippen LogP contribution in [0.25, 0.3) is 22.3 Å². The summed E-state index contributed by atoms with van der Waals surface area (Å²) in [5, 5.41) is 6.14. The van der Waals surface area contributed by atoms with Gasteiger partial charge in [-0.2, -0.15) is 0 Å². The largest absolute Gasteiger partial charge is 0.456 e. The van der Waals surface area contributed by atoms with Gasteiger partial charge in [-0.1, -0.05) is 48.5 Å². The summed E-state index contributed by atoms with van der Waals surface area (Å²) in [6.07, 6.45) is 0.936. The lowest BCUT2D eigenvalue weighted by atomic mass is 10.1. The maximum Gasteiger partial charge on any atom is 0.342 e. The first kappa shape index (κ1) is 21.8. The number of ether oxygens (including phenoxy) is 1. The minimum absolute atomic E-state index is 0.156. The Morgan fingerprint density at radius 1 is 1.03 bits per heavy atom. The van der Waals surface area contributed by atoms with Crippen LogP contribution in [0.3, 0.4) is 0 Å². The van der Waals surface area contributed by atoms with Crippen molar-refractivity contribution in [3.8, 4) is 11.3 Å². The minimum atomic E-state index is -0.668. The van der Waals surface area contributed by atoms with Gasteiger partial charge in [-0.15, -0.1) is 11.3 Å². The molecule has 0 saturated heterocycles. The number of carbonyl (C=O) groups is 2. The molecule has 0 aliphatic heterocycles. The maximum atomic E-state index is 13.1. The van der Waals surface area contributed by atoms with Crippen molar-refractivity contribution in [2.45, 2.75) is 39.2 Å². The fourth-order valence-corrected chi connectivity index (χ4v) is 4.32. The van der Waals surface area contributed by atoms with Gasteiger partial charge in [0, 0.05) is 22.8 Å². The zero-order chi connectivity index (χ0) is 22.7. The van der Waals surface area contributed by atoms with Crippen LogP contribution in [-0.2, 0) is 16.0 Å². The van der Waals surface area contributed by atoms with Crippen LogP contribution >= 0.6 is 11.3 Å². The van der Waals surface area contributed by atoms with E-state index in [-0.39, 0.29) is 5.91 Å². The Morgan fingerprint density at radius 2 is 1.75 bits per heavy atom. The van der Waals surface area contributed by atoms with Crippen LogP contribution < -0.4 is 5.32 Å². The molecule has 1 N–H and O–H groups in total. The number of rotatable bonds is 6. The molecule has 0 saturated carbocycles. The quantitative estimate of drug-likeness (QED) is 0.334. The van der Waals surface area contributed by atoms with E-state index in [9.17, 15) is 9.59 Å². The molecule has 4 rings (SSSR count). The average Bonchev–Trinajstić information content (AvgIpc) is 3.35. The molecule has 0 aliphatic rings. The van der Waals surface area contributed by atoms with Gasteiger partial charge < -0.3 is 14.5 Å². The summed E-state index contributed by atoms with van der Waals surface area (Å²) in [5.74, 6) is -0.0858. The van der Waals surface area contributed by atoms with Crippen molar-refractivity contribution in [1.29, 1.82) is 0 Å². The molecule has 0 bridgehead atoms. The van der Waals surface area contributed by atoms with Gasteiger partial charge in [-0.3, -0.25) is 4.79 Å². The number of aryl methyl sites for hydroxylation is 1. The van der Waals surface area contributed by atoms with Gasteiger partial charge >= 0.3 is 5.97 Å². The van der Waals surface area contributed by atoms with Gasteiger partial charge in [0.15, 0.2) is 0 Å². The third-order valence-corrected chi connectivity index (χ3v) is 5.72. The summed E-state index contributed by atoms with van der Waals surface area (Å²) in [4.78, 5) is 25.8. The highest BCUT2D eigenvalue weighted by Crippen LogP contribution is 2.39. The number of esters is 1. The molecule has 0 unspecified atom stereocenters. The Bertz CT molecular complexity index is 1210. The zero-order valence-corrected chi connectivity index (χ0v) is 19.1. The Kier molecular flexibility index (Phi) is 6.15. The molecule has 5 nitrogen and oxygen atoms in total. The van der Waals surface area contributed by atoms with Crippen LogP contribution in [0.2, 0.25) is 0 Å². The number of hydrogen-bond acceptors (Lipinski definition) is 5. The van der Waals surface area contributed by atoms with Crippen LogP contribution in [0.1, 0.15) is 43.1 Å². The number of nitrogens with one attached hydrogen (secondary N) is 1. The van der Waals surface area contributed by atoms with E-state index >= 15 is 0 Å². The van der Waals surface area contributed by atoms with E-state index in [0.29, 0.717) is 34.7 Å². The SMILES string of the molecule is CC(C)(C)OC(=O)c1c(-c2cc3ccccc3o2)csc1NC(=O)CCc1ccccc1. The van der Waals surface area contributed by atoms with Crippen molar-refractivity contribution in [3.05, 3.63) is 77.2 Å². The Labute approximate surface area is 191 Å². The van der Waals surface area contributed by atoms with Crippen molar-refractivity contribution >= 4 is 39.2 Å². The van der Waals surface area contributed by atoms with Crippen LogP contribution in [0.15, 0.2) is 70.5 Å². The summed E-state index contributed by atoms with van der Waals surface area (Å²) in [7, 11) is 0. The predicted octanol–water partition coefficient (Wildman–Crippen LogP) is 6.69. The number of amides is 1. The molecule has 1 amide bonds. The Balaban J connectivity index is 1.62. The Hall–Kier alpha value is -3.38. The Morgan fingerprint density at radius 3 is 2.47 bits per heavy atom. The van der Waals surface area contributed by atoms with Crippen molar-refractivity contribution < 1.29 is 18.7 Å². The highest BCUT2D eigenvalue weighted by atomic mass is 32.1. The molecule has 2 heterocycles. The van der Waals surface area contributed by atoms with Crippen LogP contribution in [0, 0.1) is 0 Å². The summed E-state index contributed by atoms with van der Waals surface area (Å²) in [5.41, 5.74) is 2.08. The molecule has 0 fully saturated rings. The maximum absolute atomic E-state index is 13.1. The monoisotopic (exact) mass is 447 g/mol. The van der Waals surface area contributed by atoms with E-state index in [2.05, 4.69) is 5.32 Å². The first-order chi connectivity index (χ1) is 15.3. The lowest BCUT2D eigenvalue weighted by Crippen LogP contribution is -2.25. The molecule has 4 aromatic rings. The van der Waals surface area contributed by atoms with Crippen molar-refractivity contribution in [2.75, 3.05) is 5.32 Å². The van der Waals surface area contributed by atoms with Crippen LogP contribution in [0.5, 0.6) is 0 Å². The lowest BCUT2D eigenvalue weighted by Gasteiger charge is -2.20. The second kappa shape index (κ2) is 9.01. The van der Waals surface area contributed by atoms with Crippen molar-refractivity contribution in [3.63, 3.8) is 0 Å². The summed E-state index contributed by atoms with van der Waals surface area (Å²) in [6.45, 7) is 5.45. The molecule has 2 aromatic carbocycles. The molecule has 0 aliphatic carbocycles. The van der Waals surface area contributed by atoms with E-state index < -0.39 is 11.6 Å². The fourth-order valence-electron chi connectivity index (χ4n) is 3.37. The molecule has 6 heteroatoms. The molecular formula is C26H25NO4S. The van der Waals surface area contributed by atoms with E-state index in [0.717, 1.165) is 16.5 Å². The molecule has 0 radical (unpaired) electrons. The first-order valence-electron chi connectivity index (χ1n) is 10.5. The van der Waals surface area contributed by atoms with E-state index in [4.69, 9.17) is 9.15 Å². The van der Waals surface area contributed by atoms with Crippen LogP contribution in [0.4, 0.5) is 5.00 Å². The molecule has 2 aromatic heterocycles.